The van der Waals surface area contributed by atoms with Crippen LogP contribution in [0, 0.1) is 0 Å². The van der Waals surface area contributed by atoms with Crippen LogP contribution in [0.5, 0.6) is 0 Å². The lowest BCUT2D eigenvalue weighted by molar-refractivity contribution is 0.366. The summed E-state index contributed by atoms with van der Waals surface area (Å²) in [5.74, 6) is 0. The molecule has 102 valence electrons. The second-order valence-corrected chi connectivity index (χ2v) is 8.69. The van der Waals surface area contributed by atoms with E-state index in [1.807, 2.05) is 13.8 Å². The fourth-order valence-corrected chi connectivity index (χ4v) is 5.53. The smallest absolute Gasteiger partial charge is 0.158 e. The highest BCUT2D eigenvalue weighted by atomic mass is 32.2. The highest BCUT2D eigenvalue weighted by molar-refractivity contribution is 7.93. The Balaban J connectivity index is 3.00. The lowest BCUT2D eigenvalue weighted by Crippen LogP contribution is -2.43. The van der Waals surface area contributed by atoms with Gasteiger partial charge < -0.3 is 0 Å². The third-order valence-corrected chi connectivity index (χ3v) is 7.26. The van der Waals surface area contributed by atoms with E-state index < -0.39 is 14.6 Å². The van der Waals surface area contributed by atoms with E-state index in [9.17, 15) is 8.42 Å². The molecular weight excluding hydrogens is 232 g/mol. The Morgan fingerprint density at radius 3 is 1.88 bits per heavy atom. The maximum Gasteiger partial charge on any atom is 0.158 e. The molecule has 0 aromatic heterocycles. The van der Waals surface area contributed by atoms with Gasteiger partial charge in [-0.2, -0.15) is 0 Å². The van der Waals surface area contributed by atoms with Crippen LogP contribution >= 0.6 is 0 Å². The maximum atomic E-state index is 12.7. The van der Waals surface area contributed by atoms with Gasteiger partial charge in [-0.05, 0) is 33.1 Å². The summed E-state index contributed by atoms with van der Waals surface area (Å²) in [5.41, 5.74) is 0. The predicted molar refractivity (Wildman–Crippen MR) is 74.0 cm³/mol. The van der Waals surface area contributed by atoms with Crippen LogP contribution < -0.4 is 0 Å². The van der Waals surface area contributed by atoms with Crippen LogP contribution in [0.15, 0.2) is 0 Å². The standard InChI is InChI=1S/C14H28O2S/c1-4-10-14(17(15,16)13(2)3)11-8-6-5-7-9-12-14/h13H,4-12H2,1-3H3. The van der Waals surface area contributed by atoms with Crippen molar-refractivity contribution >= 4 is 9.84 Å². The Morgan fingerprint density at radius 2 is 1.47 bits per heavy atom. The molecule has 0 heterocycles. The van der Waals surface area contributed by atoms with Crippen LogP contribution in [0.4, 0.5) is 0 Å². The van der Waals surface area contributed by atoms with Crippen molar-refractivity contribution in [2.24, 2.45) is 0 Å². The average molecular weight is 260 g/mol. The third kappa shape index (κ3) is 3.24. The minimum absolute atomic E-state index is 0.228. The van der Waals surface area contributed by atoms with Crippen LogP contribution in [-0.4, -0.2) is 18.4 Å². The Morgan fingerprint density at radius 1 is 1.00 bits per heavy atom. The highest BCUT2D eigenvalue weighted by Gasteiger charge is 2.43. The van der Waals surface area contributed by atoms with E-state index >= 15 is 0 Å². The number of hydrogen-bond donors (Lipinski definition) is 0. The molecule has 0 saturated heterocycles. The third-order valence-electron chi connectivity index (χ3n) is 4.19. The molecule has 1 aliphatic carbocycles. The second-order valence-electron chi connectivity index (χ2n) is 5.79. The van der Waals surface area contributed by atoms with Crippen molar-refractivity contribution in [2.45, 2.75) is 88.6 Å². The first-order valence-corrected chi connectivity index (χ1v) is 8.74. The van der Waals surface area contributed by atoms with E-state index in [-0.39, 0.29) is 5.25 Å². The molecule has 2 nitrogen and oxygen atoms in total. The van der Waals surface area contributed by atoms with Crippen molar-refractivity contribution in [1.29, 1.82) is 0 Å². The molecule has 0 spiro atoms. The first-order chi connectivity index (χ1) is 7.96. The van der Waals surface area contributed by atoms with Gasteiger partial charge in [-0.25, -0.2) is 8.42 Å². The van der Waals surface area contributed by atoms with Crippen molar-refractivity contribution in [2.75, 3.05) is 0 Å². The average Bonchev–Trinajstić information content (AvgIpc) is 2.21. The van der Waals surface area contributed by atoms with Gasteiger partial charge >= 0.3 is 0 Å². The zero-order chi connectivity index (χ0) is 12.9. The van der Waals surface area contributed by atoms with Gasteiger partial charge in [0.25, 0.3) is 0 Å². The zero-order valence-corrected chi connectivity index (χ0v) is 12.5. The summed E-state index contributed by atoms with van der Waals surface area (Å²) >= 11 is 0. The molecule has 17 heavy (non-hydrogen) atoms. The molecule has 0 aromatic carbocycles. The zero-order valence-electron chi connectivity index (χ0n) is 11.7. The minimum Gasteiger partial charge on any atom is -0.228 e. The predicted octanol–water partition coefficient (Wildman–Crippen LogP) is 4.09. The Kier molecular flexibility index (Phi) is 5.49. The van der Waals surface area contributed by atoms with Crippen molar-refractivity contribution in [3.8, 4) is 0 Å². The molecule has 0 radical (unpaired) electrons. The molecule has 1 fully saturated rings. The van der Waals surface area contributed by atoms with E-state index in [4.69, 9.17) is 0 Å². The molecule has 0 aliphatic heterocycles. The van der Waals surface area contributed by atoms with Crippen LogP contribution in [0.25, 0.3) is 0 Å². The minimum atomic E-state index is -2.96. The summed E-state index contributed by atoms with van der Waals surface area (Å²) in [4.78, 5) is 0. The first kappa shape index (κ1) is 15.0. The summed E-state index contributed by atoms with van der Waals surface area (Å²) < 4.78 is 24.9. The Hall–Kier alpha value is -0.0500. The normalized spacial score (nSPS) is 22.1. The molecule has 0 amide bonds. The fourth-order valence-electron chi connectivity index (χ4n) is 3.18. The molecule has 0 bridgehead atoms. The molecule has 1 aliphatic rings. The number of sulfone groups is 1. The molecule has 0 atom stereocenters. The summed E-state index contributed by atoms with van der Waals surface area (Å²) in [6.07, 6.45) is 9.49. The van der Waals surface area contributed by atoms with E-state index in [1.54, 1.807) is 0 Å². The molecule has 1 rings (SSSR count). The Bertz CT molecular complexity index is 309. The van der Waals surface area contributed by atoms with Crippen molar-refractivity contribution in [3.05, 3.63) is 0 Å². The molecule has 0 aromatic rings. The monoisotopic (exact) mass is 260 g/mol. The second kappa shape index (κ2) is 6.21. The van der Waals surface area contributed by atoms with Crippen LogP contribution in [-0.2, 0) is 9.84 Å². The van der Waals surface area contributed by atoms with Crippen molar-refractivity contribution in [3.63, 3.8) is 0 Å². The topological polar surface area (TPSA) is 34.1 Å². The van der Waals surface area contributed by atoms with E-state index in [2.05, 4.69) is 6.92 Å². The number of hydrogen-bond acceptors (Lipinski definition) is 2. The summed E-state index contributed by atoms with van der Waals surface area (Å²) in [6.45, 7) is 5.79. The van der Waals surface area contributed by atoms with E-state index in [0.717, 1.165) is 38.5 Å². The SMILES string of the molecule is CCCC1(S(=O)(=O)C(C)C)CCCCCCC1. The molecule has 3 heteroatoms. The molecular formula is C14H28O2S. The maximum absolute atomic E-state index is 12.7. The summed E-state index contributed by atoms with van der Waals surface area (Å²) in [6, 6.07) is 0. The lowest BCUT2D eigenvalue weighted by Gasteiger charge is -2.36. The molecule has 0 N–H and O–H groups in total. The van der Waals surface area contributed by atoms with Gasteiger partial charge in [-0.1, -0.05) is 45.4 Å². The van der Waals surface area contributed by atoms with Gasteiger partial charge in [0.1, 0.15) is 0 Å². The van der Waals surface area contributed by atoms with Gasteiger partial charge in [0.05, 0.1) is 10.00 Å². The first-order valence-electron chi connectivity index (χ1n) is 7.20. The summed E-state index contributed by atoms with van der Waals surface area (Å²) in [7, 11) is -2.96. The van der Waals surface area contributed by atoms with Crippen LogP contribution in [0.3, 0.4) is 0 Å². The number of rotatable bonds is 4. The lowest BCUT2D eigenvalue weighted by atomic mass is 9.87. The van der Waals surface area contributed by atoms with Gasteiger partial charge in [0.15, 0.2) is 9.84 Å². The quantitative estimate of drug-likeness (QED) is 0.763. The van der Waals surface area contributed by atoms with E-state index in [1.165, 1.54) is 19.3 Å². The van der Waals surface area contributed by atoms with Gasteiger partial charge in [0, 0.05) is 0 Å². The van der Waals surface area contributed by atoms with Crippen LogP contribution in [0.1, 0.15) is 78.6 Å². The molecule has 0 unspecified atom stereocenters. The van der Waals surface area contributed by atoms with E-state index in [0.29, 0.717) is 0 Å². The van der Waals surface area contributed by atoms with Crippen LogP contribution in [0.2, 0.25) is 0 Å². The Labute approximate surface area is 107 Å². The summed E-state index contributed by atoms with van der Waals surface area (Å²) in [5, 5.41) is -0.228. The largest absolute Gasteiger partial charge is 0.228 e. The van der Waals surface area contributed by atoms with Crippen molar-refractivity contribution < 1.29 is 8.42 Å². The molecule has 1 saturated carbocycles. The van der Waals surface area contributed by atoms with Gasteiger partial charge in [-0.3, -0.25) is 0 Å². The highest BCUT2D eigenvalue weighted by Crippen LogP contribution is 2.39. The fraction of sp³-hybridized carbons (Fsp3) is 1.00. The van der Waals surface area contributed by atoms with Crippen molar-refractivity contribution in [1.82, 2.24) is 0 Å². The van der Waals surface area contributed by atoms with Gasteiger partial charge in [-0.15, -0.1) is 0 Å². The van der Waals surface area contributed by atoms with Gasteiger partial charge in [0.2, 0.25) is 0 Å².